The highest BCUT2D eigenvalue weighted by Gasteiger charge is 2.64. The lowest BCUT2D eigenvalue weighted by atomic mass is 9.70. The van der Waals surface area contributed by atoms with Crippen LogP contribution >= 0.6 is 0 Å². The number of Topliss-reactive ketones (excluding diaryl/α,β-unsaturated/α-hetero) is 1. The van der Waals surface area contributed by atoms with E-state index >= 15 is 0 Å². The van der Waals surface area contributed by atoms with Crippen molar-refractivity contribution in [2.24, 2.45) is 21.7 Å². The lowest BCUT2D eigenvalue weighted by molar-refractivity contribution is -0.123. The number of rotatable bonds is 2. The number of carbonyl (C=O) groups excluding carboxylic acids is 1. The zero-order valence-corrected chi connectivity index (χ0v) is 11.9. The highest BCUT2D eigenvalue weighted by molar-refractivity contribution is 6.45. The van der Waals surface area contributed by atoms with Gasteiger partial charge in [-0.2, -0.15) is 0 Å². The summed E-state index contributed by atoms with van der Waals surface area (Å²) in [5.74, 6) is 0.651. The molecule has 0 aliphatic heterocycles. The number of carbonyl (C=O) groups is 1. The molecule has 2 aliphatic carbocycles. The molecule has 2 unspecified atom stereocenters. The number of fused-ring (bicyclic) bond motifs is 2. The van der Waals surface area contributed by atoms with Crippen LogP contribution < -0.4 is 0 Å². The third-order valence-corrected chi connectivity index (χ3v) is 5.56. The first kappa shape index (κ1) is 12.6. The van der Waals surface area contributed by atoms with E-state index in [1.165, 1.54) is 5.56 Å². The maximum Gasteiger partial charge on any atom is 0.183 e. The minimum absolute atomic E-state index is 0.0691. The van der Waals surface area contributed by atoms with Crippen molar-refractivity contribution in [2.75, 3.05) is 0 Å². The number of aliphatic imine (C=N–C) groups is 1. The summed E-state index contributed by atoms with van der Waals surface area (Å²) in [6, 6.07) is 10.2. The van der Waals surface area contributed by atoms with E-state index in [0.717, 1.165) is 18.6 Å². The molecule has 2 atom stereocenters. The number of hydrogen-bond donors (Lipinski definition) is 0. The van der Waals surface area contributed by atoms with E-state index in [9.17, 15) is 4.79 Å². The number of benzene rings is 1. The average molecular weight is 255 g/mol. The molecule has 2 nitrogen and oxygen atoms in total. The molecule has 1 aromatic rings. The zero-order chi connectivity index (χ0) is 13.7. The number of ketones is 1. The first-order valence-electron chi connectivity index (χ1n) is 7.10. The minimum atomic E-state index is -0.187. The molecule has 0 N–H and O–H groups in total. The van der Waals surface area contributed by atoms with Crippen LogP contribution in [-0.4, -0.2) is 11.5 Å². The van der Waals surface area contributed by atoms with Gasteiger partial charge in [0.1, 0.15) is 0 Å². The van der Waals surface area contributed by atoms with E-state index in [-0.39, 0.29) is 10.8 Å². The SMILES string of the molecule is CC12CCC(C(=NCc3ccccc3)C1=O)C2(C)C. The van der Waals surface area contributed by atoms with Crippen molar-refractivity contribution in [1.29, 1.82) is 0 Å². The lowest BCUT2D eigenvalue weighted by Crippen LogP contribution is -2.33. The van der Waals surface area contributed by atoms with Crippen LogP contribution in [0.1, 0.15) is 39.2 Å². The normalized spacial score (nSPS) is 34.2. The summed E-state index contributed by atoms with van der Waals surface area (Å²) in [7, 11) is 0. The van der Waals surface area contributed by atoms with E-state index in [4.69, 9.17) is 0 Å². The highest BCUT2D eigenvalue weighted by atomic mass is 16.1. The molecule has 2 fully saturated rings. The molecular formula is C17H21NO. The Labute approximate surface area is 114 Å². The molecule has 100 valence electrons. The van der Waals surface area contributed by atoms with Gasteiger partial charge in [0.05, 0.1) is 12.3 Å². The van der Waals surface area contributed by atoms with Crippen molar-refractivity contribution in [1.82, 2.24) is 0 Å². The van der Waals surface area contributed by atoms with Crippen LogP contribution in [0.15, 0.2) is 35.3 Å². The van der Waals surface area contributed by atoms with Crippen LogP contribution in [0.3, 0.4) is 0 Å². The smallest absolute Gasteiger partial charge is 0.183 e. The van der Waals surface area contributed by atoms with Crippen molar-refractivity contribution in [3.05, 3.63) is 35.9 Å². The van der Waals surface area contributed by atoms with Crippen molar-refractivity contribution >= 4 is 11.5 Å². The second-order valence-electron chi connectivity index (χ2n) is 6.66. The molecule has 0 heterocycles. The third-order valence-electron chi connectivity index (χ3n) is 5.56. The van der Waals surface area contributed by atoms with Gasteiger partial charge < -0.3 is 0 Å². The van der Waals surface area contributed by atoms with Gasteiger partial charge in [-0.15, -0.1) is 0 Å². The molecule has 3 rings (SSSR count). The first-order chi connectivity index (χ1) is 8.97. The Hall–Kier alpha value is -1.44. The standard InChI is InChI=1S/C17H21NO/c1-16(2)13-9-10-17(16,3)15(19)14(13)18-11-12-7-5-4-6-8-12/h4-8,13H,9-11H2,1-3H3. The molecule has 0 spiro atoms. The summed E-state index contributed by atoms with van der Waals surface area (Å²) in [4.78, 5) is 17.3. The van der Waals surface area contributed by atoms with E-state index in [1.54, 1.807) is 0 Å². The molecule has 0 saturated heterocycles. The fraction of sp³-hybridized carbons (Fsp3) is 0.529. The fourth-order valence-electron chi connectivity index (χ4n) is 3.77. The summed E-state index contributed by atoms with van der Waals surface area (Å²) in [5.41, 5.74) is 1.91. The Morgan fingerprint density at radius 1 is 1.21 bits per heavy atom. The molecule has 19 heavy (non-hydrogen) atoms. The monoisotopic (exact) mass is 255 g/mol. The second-order valence-corrected chi connectivity index (χ2v) is 6.66. The van der Waals surface area contributed by atoms with E-state index in [2.05, 4.69) is 37.9 Å². The summed E-state index contributed by atoms with van der Waals surface area (Å²) in [5, 5.41) is 0. The van der Waals surface area contributed by atoms with Crippen molar-refractivity contribution in [3.8, 4) is 0 Å². The summed E-state index contributed by atoms with van der Waals surface area (Å²) in [6.07, 6.45) is 2.14. The molecule has 0 amide bonds. The van der Waals surface area contributed by atoms with E-state index in [1.807, 2.05) is 18.2 Å². The van der Waals surface area contributed by atoms with E-state index < -0.39 is 0 Å². The predicted octanol–water partition coefficient (Wildman–Crippen LogP) is 3.65. The van der Waals surface area contributed by atoms with Crippen LogP contribution in [0.25, 0.3) is 0 Å². The van der Waals surface area contributed by atoms with Gasteiger partial charge in [-0.25, -0.2) is 0 Å². The van der Waals surface area contributed by atoms with Crippen LogP contribution in [-0.2, 0) is 11.3 Å². The molecule has 2 bridgehead atoms. The van der Waals surface area contributed by atoms with Crippen molar-refractivity contribution in [3.63, 3.8) is 0 Å². The van der Waals surface area contributed by atoms with Gasteiger partial charge in [0.25, 0.3) is 0 Å². The van der Waals surface area contributed by atoms with Gasteiger partial charge in [-0.1, -0.05) is 51.1 Å². The van der Waals surface area contributed by atoms with Gasteiger partial charge in [0.2, 0.25) is 0 Å². The molecule has 2 aliphatic rings. The van der Waals surface area contributed by atoms with Crippen LogP contribution in [0, 0.1) is 16.7 Å². The van der Waals surface area contributed by atoms with Crippen molar-refractivity contribution in [2.45, 2.75) is 40.2 Å². The fourth-order valence-corrected chi connectivity index (χ4v) is 3.77. The Morgan fingerprint density at radius 3 is 2.47 bits per heavy atom. The summed E-state index contributed by atoms with van der Waals surface area (Å²) in [6.45, 7) is 7.21. The minimum Gasteiger partial charge on any atom is -0.292 e. The Bertz CT molecular complexity index is 544. The Morgan fingerprint density at radius 2 is 1.89 bits per heavy atom. The molecule has 2 saturated carbocycles. The topological polar surface area (TPSA) is 29.4 Å². The maximum atomic E-state index is 12.6. The Kier molecular flexibility index (Phi) is 2.67. The largest absolute Gasteiger partial charge is 0.292 e. The molecule has 0 aromatic heterocycles. The van der Waals surface area contributed by atoms with Gasteiger partial charge in [-0.05, 0) is 23.8 Å². The quantitative estimate of drug-likeness (QED) is 0.793. The lowest BCUT2D eigenvalue weighted by Gasteiger charge is -2.31. The average Bonchev–Trinajstić information content (AvgIpc) is 2.70. The number of nitrogens with zero attached hydrogens (tertiary/aromatic N) is 1. The van der Waals surface area contributed by atoms with Crippen molar-refractivity contribution < 1.29 is 4.79 Å². The first-order valence-corrected chi connectivity index (χ1v) is 7.10. The van der Waals surface area contributed by atoms with Gasteiger partial charge in [0, 0.05) is 11.3 Å². The molecule has 2 heteroatoms. The zero-order valence-electron chi connectivity index (χ0n) is 11.9. The molecular weight excluding hydrogens is 234 g/mol. The van der Waals surface area contributed by atoms with Crippen LogP contribution in [0.4, 0.5) is 0 Å². The highest BCUT2D eigenvalue weighted by Crippen LogP contribution is 2.62. The van der Waals surface area contributed by atoms with E-state index in [0.29, 0.717) is 18.2 Å². The van der Waals surface area contributed by atoms with Gasteiger partial charge in [0.15, 0.2) is 5.78 Å². The second kappa shape index (κ2) is 4.03. The number of hydrogen-bond acceptors (Lipinski definition) is 2. The summed E-state index contributed by atoms with van der Waals surface area (Å²) < 4.78 is 0. The summed E-state index contributed by atoms with van der Waals surface area (Å²) >= 11 is 0. The van der Waals surface area contributed by atoms with Crippen LogP contribution in [0.5, 0.6) is 0 Å². The predicted molar refractivity (Wildman–Crippen MR) is 77.2 cm³/mol. The molecule has 1 aromatic carbocycles. The van der Waals surface area contributed by atoms with Gasteiger partial charge in [-0.3, -0.25) is 9.79 Å². The Balaban J connectivity index is 1.89. The third kappa shape index (κ3) is 1.62. The maximum absolute atomic E-state index is 12.6. The van der Waals surface area contributed by atoms with Crippen LogP contribution in [0.2, 0.25) is 0 Å². The molecule has 0 radical (unpaired) electrons. The van der Waals surface area contributed by atoms with Gasteiger partial charge >= 0.3 is 0 Å².